The van der Waals surface area contributed by atoms with Gasteiger partial charge in [-0.05, 0) is 18.9 Å². The first-order chi connectivity index (χ1) is 7.22. The molecule has 2 rings (SSSR count). The van der Waals surface area contributed by atoms with Crippen molar-refractivity contribution in [2.45, 2.75) is 18.9 Å². The third kappa shape index (κ3) is 2.14. The fraction of sp³-hybridized carbons (Fsp3) is 0.545. The number of pyridine rings is 1. The fourth-order valence-corrected chi connectivity index (χ4v) is 1.53. The minimum Gasteiger partial charge on any atom is -0.479 e. The van der Waals surface area contributed by atoms with Gasteiger partial charge in [0.15, 0.2) is 0 Å². The molecule has 0 atom stereocenters. The zero-order chi connectivity index (χ0) is 10.8. The lowest BCUT2D eigenvalue weighted by atomic mass is 10.3. The smallest absolute Gasteiger partial charge is 0.239 e. The summed E-state index contributed by atoms with van der Waals surface area (Å²) in [5.74, 6) is 0.674. The van der Waals surface area contributed by atoms with Crippen molar-refractivity contribution in [1.82, 2.24) is 4.98 Å². The number of aromatic nitrogens is 1. The maximum atomic E-state index is 5.26. The number of nitrogens with one attached hydrogen (secondary N) is 1. The predicted molar refractivity (Wildman–Crippen MR) is 61.8 cm³/mol. The minimum absolute atomic E-state index is 0.599. The van der Waals surface area contributed by atoms with Crippen LogP contribution in [0.4, 0.5) is 11.4 Å². The van der Waals surface area contributed by atoms with E-state index in [4.69, 9.17) is 4.74 Å². The molecule has 1 aliphatic carbocycles. The molecule has 0 amide bonds. The molecule has 0 radical (unpaired) electrons. The zero-order valence-corrected chi connectivity index (χ0v) is 9.45. The molecule has 1 aromatic rings. The van der Waals surface area contributed by atoms with Crippen molar-refractivity contribution in [2.75, 3.05) is 31.4 Å². The summed E-state index contributed by atoms with van der Waals surface area (Å²) in [5.41, 5.74) is 2.13. The molecule has 0 unspecified atom stereocenters. The molecule has 15 heavy (non-hydrogen) atoms. The SMILES string of the molecule is COc1nccc(N(C)C)c1NC1CC1. The largest absolute Gasteiger partial charge is 0.479 e. The zero-order valence-electron chi connectivity index (χ0n) is 9.45. The van der Waals surface area contributed by atoms with Crippen LogP contribution < -0.4 is 15.0 Å². The van der Waals surface area contributed by atoms with E-state index >= 15 is 0 Å². The van der Waals surface area contributed by atoms with E-state index in [-0.39, 0.29) is 0 Å². The van der Waals surface area contributed by atoms with Crippen molar-refractivity contribution in [2.24, 2.45) is 0 Å². The van der Waals surface area contributed by atoms with Crippen molar-refractivity contribution in [3.05, 3.63) is 12.3 Å². The quantitative estimate of drug-likeness (QED) is 0.816. The van der Waals surface area contributed by atoms with Gasteiger partial charge in [0.1, 0.15) is 5.69 Å². The molecule has 82 valence electrons. The standard InChI is InChI=1S/C11H17N3O/c1-14(2)9-6-7-12-11(15-3)10(9)13-8-4-5-8/h6-8,13H,4-5H2,1-3H3. The lowest BCUT2D eigenvalue weighted by Crippen LogP contribution is -2.14. The Bertz CT molecular complexity index is 348. The van der Waals surface area contributed by atoms with E-state index in [1.165, 1.54) is 12.8 Å². The molecule has 4 heteroatoms. The summed E-state index contributed by atoms with van der Waals surface area (Å²) in [5, 5.41) is 3.46. The number of rotatable bonds is 4. The van der Waals surface area contributed by atoms with E-state index in [1.807, 2.05) is 20.2 Å². The number of hydrogen-bond donors (Lipinski definition) is 1. The highest BCUT2D eigenvalue weighted by molar-refractivity contribution is 5.74. The second-order valence-corrected chi connectivity index (χ2v) is 4.03. The Morgan fingerprint density at radius 1 is 1.47 bits per heavy atom. The molecular formula is C11H17N3O. The van der Waals surface area contributed by atoms with Crippen molar-refractivity contribution >= 4 is 11.4 Å². The molecule has 1 aromatic heterocycles. The average molecular weight is 207 g/mol. The molecule has 0 bridgehead atoms. The highest BCUT2D eigenvalue weighted by atomic mass is 16.5. The van der Waals surface area contributed by atoms with E-state index in [9.17, 15) is 0 Å². The normalized spacial score (nSPS) is 14.9. The Kier molecular flexibility index (Phi) is 2.66. The maximum absolute atomic E-state index is 5.26. The van der Waals surface area contributed by atoms with Gasteiger partial charge < -0.3 is 15.0 Å². The lowest BCUT2D eigenvalue weighted by Gasteiger charge is -2.19. The van der Waals surface area contributed by atoms with Gasteiger partial charge in [0.05, 0.1) is 12.8 Å². The summed E-state index contributed by atoms with van der Waals surface area (Å²) in [6.45, 7) is 0. The summed E-state index contributed by atoms with van der Waals surface area (Å²) in [6, 6.07) is 2.59. The van der Waals surface area contributed by atoms with Gasteiger partial charge in [-0.2, -0.15) is 0 Å². The van der Waals surface area contributed by atoms with Gasteiger partial charge in [0, 0.05) is 26.3 Å². The Hall–Kier alpha value is -1.45. The average Bonchev–Trinajstić information content (AvgIpc) is 3.01. The number of ether oxygens (including phenoxy) is 1. The first-order valence-corrected chi connectivity index (χ1v) is 5.19. The van der Waals surface area contributed by atoms with Crippen LogP contribution in [-0.4, -0.2) is 32.2 Å². The fourth-order valence-electron chi connectivity index (χ4n) is 1.53. The molecular weight excluding hydrogens is 190 g/mol. The molecule has 1 saturated carbocycles. The number of hydrogen-bond acceptors (Lipinski definition) is 4. The topological polar surface area (TPSA) is 37.4 Å². The summed E-state index contributed by atoms with van der Waals surface area (Å²) in [4.78, 5) is 6.27. The van der Waals surface area contributed by atoms with Crippen LogP contribution in [0.15, 0.2) is 12.3 Å². The molecule has 0 aliphatic heterocycles. The van der Waals surface area contributed by atoms with Gasteiger partial charge >= 0.3 is 0 Å². The molecule has 0 saturated heterocycles. The van der Waals surface area contributed by atoms with E-state index < -0.39 is 0 Å². The van der Waals surface area contributed by atoms with E-state index in [0.29, 0.717) is 11.9 Å². The van der Waals surface area contributed by atoms with Crippen molar-refractivity contribution in [3.63, 3.8) is 0 Å². The molecule has 1 aliphatic rings. The van der Waals surface area contributed by atoms with Gasteiger partial charge in [-0.25, -0.2) is 4.98 Å². The highest BCUT2D eigenvalue weighted by Crippen LogP contribution is 2.36. The molecule has 1 heterocycles. The monoisotopic (exact) mass is 207 g/mol. The molecule has 4 nitrogen and oxygen atoms in total. The summed E-state index contributed by atoms with van der Waals surface area (Å²) in [6.07, 6.45) is 4.25. The van der Waals surface area contributed by atoms with Crippen LogP contribution in [0, 0.1) is 0 Å². The van der Waals surface area contributed by atoms with E-state index in [1.54, 1.807) is 13.3 Å². The Morgan fingerprint density at radius 3 is 2.73 bits per heavy atom. The Morgan fingerprint density at radius 2 is 2.20 bits per heavy atom. The summed E-state index contributed by atoms with van der Waals surface area (Å²) < 4.78 is 5.26. The second kappa shape index (κ2) is 3.96. The third-order valence-electron chi connectivity index (χ3n) is 2.50. The Balaban J connectivity index is 2.34. The van der Waals surface area contributed by atoms with Gasteiger partial charge in [0.25, 0.3) is 0 Å². The maximum Gasteiger partial charge on any atom is 0.239 e. The van der Waals surface area contributed by atoms with Crippen LogP contribution in [0.5, 0.6) is 5.88 Å². The molecule has 0 spiro atoms. The Labute approximate surface area is 90.3 Å². The third-order valence-corrected chi connectivity index (χ3v) is 2.50. The molecule has 1 N–H and O–H groups in total. The van der Waals surface area contributed by atoms with Crippen LogP contribution in [0.1, 0.15) is 12.8 Å². The van der Waals surface area contributed by atoms with Gasteiger partial charge in [-0.1, -0.05) is 0 Å². The van der Waals surface area contributed by atoms with Gasteiger partial charge in [-0.15, -0.1) is 0 Å². The van der Waals surface area contributed by atoms with Gasteiger partial charge in [-0.3, -0.25) is 0 Å². The predicted octanol–water partition coefficient (Wildman–Crippen LogP) is 1.73. The molecule has 0 aromatic carbocycles. The van der Waals surface area contributed by atoms with E-state index in [2.05, 4.69) is 15.2 Å². The van der Waals surface area contributed by atoms with Crippen LogP contribution in [0.2, 0.25) is 0 Å². The number of nitrogens with zero attached hydrogens (tertiary/aromatic N) is 2. The van der Waals surface area contributed by atoms with Crippen LogP contribution >= 0.6 is 0 Å². The summed E-state index contributed by atoms with van der Waals surface area (Å²) in [7, 11) is 5.69. The molecule has 1 fully saturated rings. The number of anilines is 2. The van der Waals surface area contributed by atoms with Crippen molar-refractivity contribution in [3.8, 4) is 5.88 Å². The second-order valence-electron chi connectivity index (χ2n) is 4.03. The van der Waals surface area contributed by atoms with E-state index in [0.717, 1.165) is 11.4 Å². The first-order valence-electron chi connectivity index (χ1n) is 5.19. The van der Waals surface area contributed by atoms with Crippen molar-refractivity contribution in [1.29, 1.82) is 0 Å². The van der Waals surface area contributed by atoms with Crippen LogP contribution in [0.25, 0.3) is 0 Å². The number of methoxy groups -OCH3 is 1. The highest BCUT2D eigenvalue weighted by Gasteiger charge is 2.24. The first kappa shape index (κ1) is 10.1. The summed E-state index contributed by atoms with van der Waals surface area (Å²) >= 11 is 0. The lowest BCUT2D eigenvalue weighted by molar-refractivity contribution is 0.400. The van der Waals surface area contributed by atoms with Gasteiger partial charge in [0.2, 0.25) is 5.88 Å². The van der Waals surface area contributed by atoms with Crippen LogP contribution in [0.3, 0.4) is 0 Å². The van der Waals surface area contributed by atoms with Crippen molar-refractivity contribution < 1.29 is 4.74 Å². The minimum atomic E-state index is 0.599. The van der Waals surface area contributed by atoms with Crippen LogP contribution in [-0.2, 0) is 0 Å².